The van der Waals surface area contributed by atoms with Crippen LogP contribution < -0.4 is 11.1 Å². The lowest BCUT2D eigenvalue weighted by molar-refractivity contribution is 1.12. The molecule has 14 heavy (non-hydrogen) atoms. The maximum absolute atomic E-state index is 4.61. The van der Waals surface area contributed by atoms with Gasteiger partial charge in [-0.25, -0.2) is 0 Å². The van der Waals surface area contributed by atoms with E-state index in [1.165, 1.54) is 6.20 Å². The lowest BCUT2D eigenvalue weighted by atomic mass is 10.2. The molecule has 0 atom stereocenters. The number of hydrogen-bond acceptors (Lipinski definition) is 3. The lowest BCUT2D eigenvalue weighted by Gasteiger charge is -2.06. The molecule has 3 N–H and O–H groups in total. The van der Waals surface area contributed by atoms with E-state index in [4.69, 9.17) is 0 Å². The summed E-state index contributed by atoms with van der Waals surface area (Å²) in [7, 11) is 1.85. The second kappa shape index (κ2) is 7.09. The molecular formula is C11H16N2S. The zero-order chi connectivity index (χ0) is 11.0. The fourth-order valence-electron chi connectivity index (χ4n) is 0.863. The topological polar surface area (TPSA) is 38.0 Å². The highest BCUT2D eigenvalue weighted by Crippen LogP contribution is 2.17. The minimum Gasteiger partial charge on any atom is -0.405 e. The van der Waals surface area contributed by atoms with E-state index in [1.807, 2.05) is 31.3 Å². The van der Waals surface area contributed by atoms with Crippen molar-refractivity contribution in [3.8, 4) is 0 Å². The Labute approximate surface area is 90.9 Å². The van der Waals surface area contributed by atoms with Gasteiger partial charge in [-0.1, -0.05) is 31.4 Å². The molecule has 0 heterocycles. The standard InChI is InChI=1S/C9H11NS.C2H5N/c1-7(10-2)8-5-3-4-6-9(8)11;1-2-3/h3-6,10-11H,1H2,2H3;2H,1,3H2. The highest BCUT2D eigenvalue weighted by molar-refractivity contribution is 7.80. The van der Waals surface area contributed by atoms with Crippen LogP contribution in [0.4, 0.5) is 0 Å². The Kier molecular flexibility index (Phi) is 6.41. The summed E-state index contributed by atoms with van der Waals surface area (Å²) >= 11 is 4.29. The first-order valence-corrected chi connectivity index (χ1v) is 4.59. The van der Waals surface area contributed by atoms with Crippen LogP contribution in [0.3, 0.4) is 0 Å². The van der Waals surface area contributed by atoms with E-state index in [1.54, 1.807) is 0 Å². The SMILES string of the molecule is C=C(NC)c1ccccc1S.C=CN. The van der Waals surface area contributed by atoms with Gasteiger partial charge in [0.05, 0.1) is 0 Å². The van der Waals surface area contributed by atoms with Crippen LogP contribution in [-0.2, 0) is 0 Å². The van der Waals surface area contributed by atoms with E-state index >= 15 is 0 Å². The van der Waals surface area contributed by atoms with Crippen molar-refractivity contribution in [2.45, 2.75) is 4.90 Å². The zero-order valence-corrected chi connectivity index (χ0v) is 9.22. The van der Waals surface area contributed by atoms with E-state index in [-0.39, 0.29) is 0 Å². The van der Waals surface area contributed by atoms with Crippen LogP contribution in [-0.4, -0.2) is 7.05 Å². The van der Waals surface area contributed by atoms with Gasteiger partial charge in [-0.2, -0.15) is 0 Å². The molecule has 0 bridgehead atoms. The fourth-order valence-corrected chi connectivity index (χ4v) is 1.16. The first-order valence-electron chi connectivity index (χ1n) is 4.15. The van der Waals surface area contributed by atoms with Gasteiger partial charge in [-0.15, -0.1) is 12.6 Å². The largest absolute Gasteiger partial charge is 0.405 e. The molecule has 0 unspecified atom stereocenters. The quantitative estimate of drug-likeness (QED) is 0.652. The Morgan fingerprint density at radius 2 is 2.00 bits per heavy atom. The number of thiol groups is 1. The number of benzene rings is 1. The molecule has 0 spiro atoms. The average Bonchev–Trinajstić information content (AvgIpc) is 2.19. The van der Waals surface area contributed by atoms with E-state index in [0.29, 0.717) is 0 Å². The van der Waals surface area contributed by atoms with Gasteiger partial charge in [0, 0.05) is 23.2 Å². The van der Waals surface area contributed by atoms with Gasteiger partial charge in [0.2, 0.25) is 0 Å². The smallest absolute Gasteiger partial charge is 0.0349 e. The third-order valence-corrected chi connectivity index (χ3v) is 1.92. The number of hydrogen-bond donors (Lipinski definition) is 3. The molecule has 2 nitrogen and oxygen atoms in total. The predicted octanol–water partition coefficient (Wildman–Crippen LogP) is 2.25. The van der Waals surface area contributed by atoms with Gasteiger partial charge in [-0.3, -0.25) is 0 Å². The molecule has 0 amide bonds. The molecule has 0 aromatic heterocycles. The monoisotopic (exact) mass is 208 g/mol. The van der Waals surface area contributed by atoms with Crippen molar-refractivity contribution in [3.05, 3.63) is 49.2 Å². The zero-order valence-electron chi connectivity index (χ0n) is 8.33. The Hall–Kier alpha value is -1.35. The Balaban J connectivity index is 0.000000500. The van der Waals surface area contributed by atoms with Gasteiger partial charge >= 0.3 is 0 Å². The second-order valence-corrected chi connectivity index (χ2v) is 2.96. The molecule has 0 aliphatic carbocycles. The molecule has 0 saturated carbocycles. The van der Waals surface area contributed by atoms with Crippen molar-refractivity contribution in [2.24, 2.45) is 5.73 Å². The Bertz CT molecular complexity index is 308. The molecular weight excluding hydrogens is 192 g/mol. The van der Waals surface area contributed by atoms with Crippen molar-refractivity contribution in [1.29, 1.82) is 0 Å². The van der Waals surface area contributed by atoms with Crippen molar-refractivity contribution in [1.82, 2.24) is 5.32 Å². The second-order valence-electron chi connectivity index (χ2n) is 2.48. The van der Waals surface area contributed by atoms with Crippen molar-refractivity contribution < 1.29 is 0 Å². The number of nitrogens with two attached hydrogens (primary N) is 1. The summed E-state index contributed by atoms with van der Waals surface area (Å²) in [5.74, 6) is 0. The lowest BCUT2D eigenvalue weighted by Crippen LogP contribution is -2.03. The van der Waals surface area contributed by atoms with E-state index < -0.39 is 0 Å². The summed E-state index contributed by atoms with van der Waals surface area (Å²) in [5, 5.41) is 2.98. The summed E-state index contributed by atoms with van der Waals surface area (Å²) in [6, 6.07) is 7.86. The summed E-state index contributed by atoms with van der Waals surface area (Å²) in [6.07, 6.45) is 1.25. The van der Waals surface area contributed by atoms with Crippen LogP contribution in [0, 0.1) is 0 Å². The molecule has 0 saturated heterocycles. The number of rotatable bonds is 2. The highest BCUT2D eigenvalue weighted by atomic mass is 32.1. The Morgan fingerprint density at radius 3 is 2.43 bits per heavy atom. The summed E-state index contributed by atoms with van der Waals surface area (Å²) < 4.78 is 0. The average molecular weight is 208 g/mol. The van der Waals surface area contributed by atoms with Gasteiger partial charge in [0.1, 0.15) is 0 Å². The van der Waals surface area contributed by atoms with Gasteiger partial charge in [0.25, 0.3) is 0 Å². The highest BCUT2D eigenvalue weighted by Gasteiger charge is 1.98. The first-order chi connectivity index (χ1) is 6.67. The molecule has 0 aliphatic heterocycles. The minimum atomic E-state index is 0.899. The molecule has 1 aromatic carbocycles. The van der Waals surface area contributed by atoms with Crippen LogP contribution in [0.5, 0.6) is 0 Å². The molecule has 0 fully saturated rings. The van der Waals surface area contributed by atoms with Gasteiger partial charge in [0.15, 0.2) is 0 Å². The molecule has 1 aromatic rings. The minimum absolute atomic E-state index is 0.899. The summed E-state index contributed by atoms with van der Waals surface area (Å²) in [5.41, 5.74) is 6.56. The van der Waals surface area contributed by atoms with Crippen LogP contribution in [0.25, 0.3) is 5.70 Å². The molecule has 0 radical (unpaired) electrons. The van der Waals surface area contributed by atoms with Crippen molar-refractivity contribution in [3.63, 3.8) is 0 Å². The summed E-state index contributed by atoms with van der Waals surface area (Å²) in [4.78, 5) is 0.951. The van der Waals surface area contributed by atoms with Crippen LogP contribution in [0.1, 0.15) is 5.56 Å². The van der Waals surface area contributed by atoms with Crippen LogP contribution in [0.2, 0.25) is 0 Å². The van der Waals surface area contributed by atoms with E-state index in [9.17, 15) is 0 Å². The molecule has 0 aliphatic rings. The predicted molar refractivity (Wildman–Crippen MR) is 66.2 cm³/mol. The summed E-state index contributed by atoms with van der Waals surface area (Å²) in [6.45, 7) is 6.98. The first kappa shape index (κ1) is 12.7. The van der Waals surface area contributed by atoms with Crippen molar-refractivity contribution >= 4 is 18.3 Å². The maximum Gasteiger partial charge on any atom is 0.0349 e. The molecule has 3 heteroatoms. The van der Waals surface area contributed by atoms with Gasteiger partial charge in [-0.05, 0) is 12.3 Å². The third-order valence-electron chi connectivity index (χ3n) is 1.53. The molecule has 76 valence electrons. The molecule has 1 rings (SSSR count). The maximum atomic E-state index is 4.61. The fraction of sp³-hybridized carbons (Fsp3) is 0.0909. The van der Waals surface area contributed by atoms with Crippen molar-refractivity contribution in [2.75, 3.05) is 7.05 Å². The van der Waals surface area contributed by atoms with Gasteiger partial charge < -0.3 is 11.1 Å². The van der Waals surface area contributed by atoms with E-state index in [0.717, 1.165) is 16.2 Å². The Morgan fingerprint density at radius 1 is 1.50 bits per heavy atom. The van der Waals surface area contributed by atoms with Crippen LogP contribution in [0.15, 0.2) is 48.5 Å². The number of nitrogens with one attached hydrogen (secondary N) is 1. The third kappa shape index (κ3) is 4.05. The van der Waals surface area contributed by atoms with Crippen LogP contribution >= 0.6 is 12.6 Å². The van der Waals surface area contributed by atoms with E-state index in [2.05, 4.69) is 36.8 Å². The normalized spacial score (nSPS) is 8.14.